The summed E-state index contributed by atoms with van der Waals surface area (Å²) >= 11 is 0. The van der Waals surface area contributed by atoms with Gasteiger partial charge >= 0.3 is 6.18 Å². The van der Waals surface area contributed by atoms with Gasteiger partial charge in [-0.3, -0.25) is 0 Å². The Kier molecular flexibility index (Phi) is 3.68. The highest BCUT2D eigenvalue weighted by atomic mass is 19.4. The van der Waals surface area contributed by atoms with E-state index >= 15 is 0 Å². The van der Waals surface area contributed by atoms with Crippen LogP contribution >= 0.6 is 0 Å². The fourth-order valence-corrected chi connectivity index (χ4v) is 1.53. The Morgan fingerprint density at radius 3 is 2.29 bits per heavy atom. The van der Waals surface area contributed by atoms with Gasteiger partial charge in [-0.05, 0) is 30.2 Å². The predicted molar refractivity (Wildman–Crippen MR) is 56.7 cm³/mol. The van der Waals surface area contributed by atoms with Crippen LogP contribution in [-0.4, -0.2) is 24.9 Å². The van der Waals surface area contributed by atoms with Gasteiger partial charge in [-0.2, -0.15) is 13.2 Å². The van der Waals surface area contributed by atoms with Crippen molar-refractivity contribution in [2.75, 3.05) is 13.7 Å². The molecule has 1 rings (SSSR count). The molecule has 17 heavy (non-hydrogen) atoms. The summed E-state index contributed by atoms with van der Waals surface area (Å²) in [5, 5.41) is 9.63. The van der Waals surface area contributed by atoms with Crippen molar-refractivity contribution in [2.45, 2.75) is 18.7 Å². The first-order chi connectivity index (χ1) is 7.76. The van der Waals surface area contributed by atoms with Crippen LogP contribution in [0.25, 0.3) is 0 Å². The van der Waals surface area contributed by atoms with Crippen LogP contribution in [0.2, 0.25) is 0 Å². The minimum atomic E-state index is -4.82. The molecule has 1 aromatic rings. The van der Waals surface area contributed by atoms with Crippen LogP contribution in [0, 0.1) is 6.92 Å². The normalized spacial score (nSPS) is 15.5. The lowest BCUT2D eigenvalue weighted by molar-refractivity contribution is -0.262. The number of halogens is 3. The number of methoxy groups -OCH3 is 1. The molecule has 0 aliphatic carbocycles. The van der Waals surface area contributed by atoms with E-state index in [1.807, 2.05) is 0 Å². The van der Waals surface area contributed by atoms with E-state index in [1.54, 1.807) is 6.92 Å². The molecule has 0 aliphatic rings. The Morgan fingerprint density at radius 2 is 1.94 bits per heavy atom. The second-order valence-electron chi connectivity index (χ2n) is 3.75. The molecule has 0 saturated heterocycles. The summed E-state index contributed by atoms with van der Waals surface area (Å²) in [7, 11) is 1.42. The molecule has 0 aliphatic heterocycles. The fourth-order valence-electron chi connectivity index (χ4n) is 1.53. The lowest BCUT2D eigenvalue weighted by Crippen LogP contribution is -2.48. The smallest absolute Gasteiger partial charge is 0.422 e. The predicted octanol–water partition coefficient (Wildman–Crippen LogP) is 1.71. The van der Waals surface area contributed by atoms with E-state index in [4.69, 9.17) is 10.5 Å². The zero-order valence-electron chi connectivity index (χ0n) is 9.51. The van der Waals surface area contributed by atoms with Crippen molar-refractivity contribution in [1.29, 1.82) is 0 Å². The zero-order chi connectivity index (χ0) is 13.3. The van der Waals surface area contributed by atoms with Crippen LogP contribution in [0.4, 0.5) is 13.2 Å². The van der Waals surface area contributed by atoms with Crippen LogP contribution in [-0.2, 0) is 5.60 Å². The van der Waals surface area contributed by atoms with Gasteiger partial charge in [0.15, 0.2) is 5.60 Å². The zero-order valence-corrected chi connectivity index (χ0v) is 9.51. The number of ether oxygens (including phenoxy) is 1. The number of benzene rings is 1. The van der Waals surface area contributed by atoms with Crippen molar-refractivity contribution < 1.29 is 23.0 Å². The first-order valence-electron chi connectivity index (χ1n) is 4.90. The summed E-state index contributed by atoms with van der Waals surface area (Å²) in [5.41, 5.74) is 2.24. The van der Waals surface area contributed by atoms with Crippen molar-refractivity contribution in [3.8, 4) is 5.75 Å². The Bertz CT molecular complexity index is 406. The SMILES string of the molecule is COc1ccc(C(O)(CN)C(F)(F)F)cc1C. The number of hydrogen-bond acceptors (Lipinski definition) is 3. The molecule has 3 nitrogen and oxygen atoms in total. The largest absolute Gasteiger partial charge is 0.496 e. The van der Waals surface area contributed by atoms with Crippen molar-refractivity contribution in [3.63, 3.8) is 0 Å². The van der Waals surface area contributed by atoms with E-state index in [1.165, 1.54) is 19.2 Å². The maximum Gasteiger partial charge on any atom is 0.422 e. The van der Waals surface area contributed by atoms with E-state index in [0.717, 1.165) is 6.07 Å². The van der Waals surface area contributed by atoms with Gasteiger partial charge in [0.05, 0.1) is 7.11 Å². The Balaban J connectivity index is 3.27. The quantitative estimate of drug-likeness (QED) is 0.857. The summed E-state index contributed by atoms with van der Waals surface area (Å²) in [6.45, 7) is 0.665. The minimum Gasteiger partial charge on any atom is -0.496 e. The molecule has 0 fully saturated rings. The number of aryl methyl sites for hydroxylation is 1. The lowest BCUT2D eigenvalue weighted by atomic mass is 9.92. The van der Waals surface area contributed by atoms with E-state index < -0.39 is 18.3 Å². The highest BCUT2D eigenvalue weighted by molar-refractivity contribution is 5.39. The van der Waals surface area contributed by atoms with Crippen LogP contribution in [0.5, 0.6) is 5.75 Å². The first-order valence-corrected chi connectivity index (χ1v) is 4.90. The monoisotopic (exact) mass is 249 g/mol. The summed E-state index contributed by atoms with van der Waals surface area (Å²) in [4.78, 5) is 0. The van der Waals surface area contributed by atoms with Gasteiger partial charge in [0, 0.05) is 6.54 Å². The third kappa shape index (κ3) is 2.37. The van der Waals surface area contributed by atoms with E-state index in [2.05, 4.69) is 0 Å². The molecule has 0 amide bonds. The number of rotatable bonds is 3. The van der Waals surface area contributed by atoms with Crippen LogP contribution < -0.4 is 10.5 Å². The maximum absolute atomic E-state index is 12.7. The summed E-state index contributed by atoms with van der Waals surface area (Å²) in [6.07, 6.45) is -4.82. The topological polar surface area (TPSA) is 55.5 Å². The summed E-state index contributed by atoms with van der Waals surface area (Å²) < 4.78 is 43.2. The molecule has 0 spiro atoms. The highest BCUT2D eigenvalue weighted by Crippen LogP contribution is 2.39. The van der Waals surface area contributed by atoms with Gasteiger partial charge in [0.1, 0.15) is 5.75 Å². The highest BCUT2D eigenvalue weighted by Gasteiger charge is 2.54. The molecule has 6 heteroatoms. The van der Waals surface area contributed by atoms with E-state index in [-0.39, 0.29) is 5.56 Å². The van der Waals surface area contributed by atoms with Gasteiger partial charge in [-0.15, -0.1) is 0 Å². The van der Waals surface area contributed by atoms with Gasteiger partial charge in [0.2, 0.25) is 0 Å². The third-order valence-electron chi connectivity index (χ3n) is 2.64. The molecule has 1 atom stereocenters. The molecular formula is C11H14F3NO2. The van der Waals surface area contributed by atoms with Crippen LogP contribution in [0.3, 0.4) is 0 Å². The molecule has 0 saturated carbocycles. The maximum atomic E-state index is 12.7. The second-order valence-corrected chi connectivity index (χ2v) is 3.75. The standard InChI is InChI=1S/C11H14F3NO2/c1-7-5-8(3-4-9(7)17-2)10(16,6-15)11(12,13)14/h3-5,16H,6,15H2,1-2H3. The molecular weight excluding hydrogens is 235 g/mol. The Hall–Kier alpha value is -1.27. The Labute approximate surface area is 97.0 Å². The third-order valence-corrected chi connectivity index (χ3v) is 2.64. The fraction of sp³-hybridized carbons (Fsp3) is 0.455. The van der Waals surface area contributed by atoms with E-state index in [0.29, 0.717) is 11.3 Å². The van der Waals surface area contributed by atoms with Crippen molar-refractivity contribution in [1.82, 2.24) is 0 Å². The van der Waals surface area contributed by atoms with Crippen molar-refractivity contribution >= 4 is 0 Å². The molecule has 1 unspecified atom stereocenters. The van der Waals surface area contributed by atoms with Crippen molar-refractivity contribution in [3.05, 3.63) is 29.3 Å². The number of nitrogens with two attached hydrogens (primary N) is 1. The average Bonchev–Trinajstić information content (AvgIpc) is 2.26. The molecule has 96 valence electrons. The van der Waals surface area contributed by atoms with Crippen LogP contribution in [0.15, 0.2) is 18.2 Å². The number of aliphatic hydroxyl groups is 1. The van der Waals surface area contributed by atoms with Gasteiger partial charge < -0.3 is 15.6 Å². The number of hydrogen-bond donors (Lipinski definition) is 2. The summed E-state index contributed by atoms with van der Waals surface area (Å²) in [5.74, 6) is 0.454. The lowest BCUT2D eigenvalue weighted by Gasteiger charge is -2.29. The Morgan fingerprint density at radius 1 is 1.35 bits per heavy atom. The van der Waals surface area contributed by atoms with Gasteiger partial charge in [-0.1, -0.05) is 6.07 Å². The minimum absolute atomic E-state index is 0.286. The molecule has 0 radical (unpaired) electrons. The molecule has 1 aromatic carbocycles. The number of alkyl halides is 3. The van der Waals surface area contributed by atoms with E-state index in [9.17, 15) is 18.3 Å². The summed E-state index contributed by atoms with van der Waals surface area (Å²) in [6, 6.07) is 3.75. The molecule has 3 N–H and O–H groups in total. The molecule has 0 heterocycles. The van der Waals surface area contributed by atoms with Crippen LogP contribution in [0.1, 0.15) is 11.1 Å². The van der Waals surface area contributed by atoms with Gasteiger partial charge in [0.25, 0.3) is 0 Å². The first kappa shape index (κ1) is 13.8. The second kappa shape index (κ2) is 4.54. The molecule has 0 aromatic heterocycles. The van der Waals surface area contributed by atoms with Crippen molar-refractivity contribution in [2.24, 2.45) is 5.73 Å². The molecule has 0 bridgehead atoms. The van der Waals surface area contributed by atoms with Gasteiger partial charge in [-0.25, -0.2) is 0 Å². The average molecular weight is 249 g/mol.